The molecule has 1 saturated carbocycles. The van der Waals surface area contributed by atoms with Gasteiger partial charge < -0.3 is 10.4 Å². The number of aliphatic carboxylic acids is 1. The highest BCUT2D eigenvalue weighted by atomic mass is 32.2. The molecule has 2 aliphatic rings. The first-order valence-corrected chi connectivity index (χ1v) is 7.94. The van der Waals surface area contributed by atoms with E-state index in [-0.39, 0.29) is 22.7 Å². The van der Waals surface area contributed by atoms with Crippen LogP contribution in [0.25, 0.3) is 0 Å². The SMILES string of the molecule is CC1(C)C(C(=O)NC2(C(=O)O)CCSCC2)C1(C)C. The van der Waals surface area contributed by atoms with E-state index in [1.54, 1.807) is 11.8 Å². The molecule has 0 aromatic carbocycles. The lowest BCUT2D eigenvalue weighted by Crippen LogP contribution is -2.57. The first-order valence-electron chi connectivity index (χ1n) is 6.78. The lowest BCUT2D eigenvalue weighted by Gasteiger charge is -2.34. The first kappa shape index (κ1) is 14.7. The number of carbonyl (C=O) groups excluding carboxylic acids is 1. The van der Waals surface area contributed by atoms with Gasteiger partial charge in [-0.25, -0.2) is 4.79 Å². The molecule has 5 heteroatoms. The van der Waals surface area contributed by atoms with Crippen LogP contribution in [-0.2, 0) is 9.59 Å². The molecule has 108 valence electrons. The number of hydrogen-bond donors (Lipinski definition) is 2. The molecule has 0 spiro atoms. The van der Waals surface area contributed by atoms with Crippen LogP contribution in [-0.4, -0.2) is 34.0 Å². The van der Waals surface area contributed by atoms with Crippen molar-refractivity contribution in [1.82, 2.24) is 5.32 Å². The second-order valence-corrected chi connectivity index (χ2v) is 8.09. The van der Waals surface area contributed by atoms with Gasteiger partial charge in [0.15, 0.2) is 0 Å². The van der Waals surface area contributed by atoms with Gasteiger partial charge in [-0.05, 0) is 35.2 Å². The second kappa shape index (κ2) is 4.40. The molecule has 0 bridgehead atoms. The summed E-state index contributed by atoms with van der Waals surface area (Å²) in [6.45, 7) is 8.28. The molecule has 19 heavy (non-hydrogen) atoms. The summed E-state index contributed by atoms with van der Waals surface area (Å²) in [4.78, 5) is 24.0. The third kappa shape index (κ3) is 2.16. The van der Waals surface area contributed by atoms with Crippen molar-refractivity contribution in [2.75, 3.05) is 11.5 Å². The van der Waals surface area contributed by atoms with Crippen molar-refractivity contribution in [3.05, 3.63) is 0 Å². The number of rotatable bonds is 3. The predicted octanol–water partition coefficient (Wildman–Crippen LogP) is 2.14. The highest BCUT2D eigenvalue weighted by Gasteiger charge is 2.68. The van der Waals surface area contributed by atoms with Crippen LogP contribution in [0, 0.1) is 16.7 Å². The van der Waals surface area contributed by atoms with Crippen LogP contribution in [0.3, 0.4) is 0 Å². The maximum absolute atomic E-state index is 12.4. The number of hydrogen-bond acceptors (Lipinski definition) is 3. The molecule has 4 nitrogen and oxygen atoms in total. The Labute approximate surface area is 118 Å². The number of nitrogens with one attached hydrogen (secondary N) is 1. The summed E-state index contributed by atoms with van der Waals surface area (Å²) in [7, 11) is 0. The van der Waals surface area contributed by atoms with Crippen LogP contribution in [0.4, 0.5) is 0 Å². The van der Waals surface area contributed by atoms with Crippen LogP contribution in [0.15, 0.2) is 0 Å². The van der Waals surface area contributed by atoms with Crippen LogP contribution in [0.1, 0.15) is 40.5 Å². The molecule has 2 N–H and O–H groups in total. The Morgan fingerprint density at radius 2 is 1.58 bits per heavy atom. The van der Waals surface area contributed by atoms with Gasteiger partial charge in [0.25, 0.3) is 0 Å². The lowest BCUT2D eigenvalue weighted by molar-refractivity contribution is -0.148. The molecule has 0 unspecified atom stereocenters. The predicted molar refractivity (Wildman–Crippen MR) is 76.1 cm³/mol. The summed E-state index contributed by atoms with van der Waals surface area (Å²) in [5.41, 5.74) is -1.16. The van der Waals surface area contributed by atoms with E-state index in [0.29, 0.717) is 12.8 Å². The fourth-order valence-corrected chi connectivity index (χ4v) is 4.46. The average molecular weight is 285 g/mol. The largest absolute Gasteiger partial charge is 0.480 e. The Bertz CT molecular complexity index is 397. The van der Waals surface area contributed by atoms with Gasteiger partial charge in [0.2, 0.25) is 5.91 Å². The molecule has 2 rings (SSSR count). The normalized spacial score (nSPS) is 27.6. The topological polar surface area (TPSA) is 66.4 Å². The van der Waals surface area contributed by atoms with Gasteiger partial charge in [0.1, 0.15) is 5.54 Å². The van der Waals surface area contributed by atoms with E-state index in [2.05, 4.69) is 33.0 Å². The third-order valence-electron chi connectivity index (χ3n) is 5.40. The Hall–Kier alpha value is -0.710. The minimum absolute atomic E-state index is 0.0554. The van der Waals surface area contributed by atoms with Gasteiger partial charge >= 0.3 is 5.97 Å². The Morgan fingerprint density at radius 3 is 1.95 bits per heavy atom. The molecule has 1 aliphatic heterocycles. The number of thioether (sulfide) groups is 1. The minimum Gasteiger partial charge on any atom is -0.480 e. The van der Waals surface area contributed by atoms with Gasteiger partial charge in [0, 0.05) is 5.92 Å². The summed E-state index contributed by atoms with van der Waals surface area (Å²) in [6.07, 6.45) is 1.04. The van der Waals surface area contributed by atoms with Crippen molar-refractivity contribution in [3.63, 3.8) is 0 Å². The van der Waals surface area contributed by atoms with E-state index < -0.39 is 11.5 Å². The fraction of sp³-hybridized carbons (Fsp3) is 0.857. The van der Waals surface area contributed by atoms with Crippen LogP contribution in [0.2, 0.25) is 0 Å². The number of carboxylic acid groups (broad SMARTS) is 1. The number of carbonyl (C=O) groups is 2. The molecular weight excluding hydrogens is 262 g/mol. The van der Waals surface area contributed by atoms with Crippen molar-refractivity contribution >= 4 is 23.6 Å². The van der Waals surface area contributed by atoms with Crippen molar-refractivity contribution in [3.8, 4) is 0 Å². The number of amides is 1. The maximum atomic E-state index is 12.4. The van der Waals surface area contributed by atoms with Crippen molar-refractivity contribution in [2.45, 2.75) is 46.1 Å². The lowest BCUT2D eigenvalue weighted by atomic mass is 9.91. The van der Waals surface area contributed by atoms with E-state index in [1.807, 2.05) is 0 Å². The molecule has 0 aromatic rings. The summed E-state index contributed by atoms with van der Waals surface area (Å²) in [6, 6.07) is 0. The molecule has 0 radical (unpaired) electrons. The Balaban J connectivity index is 2.11. The van der Waals surface area contributed by atoms with E-state index in [4.69, 9.17) is 0 Å². The van der Waals surface area contributed by atoms with Crippen LogP contribution >= 0.6 is 11.8 Å². The van der Waals surface area contributed by atoms with E-state index in [0.717, 1.165) is 11.5 Å². The fourth-order valence-electron chi connectivity index (χ4n) is 3.27. The molecule has 2 fully saturated rings. The highest BCUT2D eigenvalue weighted by molar-refractivity contribution is 7.99. The zero-order chi connectivity index (χ0) is 14.5. The Morgan fingerprint density at radius 1 is 1.11 bits per heavy atom. The first-order chi connectivity index (χ1) is 8.65. The summed E-state index contributed by atoms with van der Waals surface area (Å²) in [5, 5.41) is 12.3. The van der Waals surface area contributed by atoms with Crippen molar-refractivity contribution < 1.29 is 14.7 Å². The maximum Gasteiger partial charge on any atom is 0.329 e. The smallest absolute Gasteiger partial charge is 0.329 e. The molecule has 1 aliphatic carbocycles. The molecule has 0 aromatic heterocycles. The zero-order valence-electron chi connectivity index (χ0n) is 12.1. The molecule has 1 heterocycles. The van der Waals surface area contributed by atoms with Gasteiger partial charge in [0.05, 0.1) is 0 Å². The minimum atomic E-state index is -1.04. The van der Waals surface area contributed by atoms with Gasteiger partial charge in [-0.2, -0.15) is 11.8 Å². The highest BCUT2D eigenvalue weighted by Crippen LogP contribution is 2.68. The van der Waals surface area contributed by atoms with Crippen molar-refractivity contribution in [1.29, 1.82) is 0 Å². The van der Waals surface area contributed by atoms with Gasteiger partial charge in [-0.15, -0.1) is 0 Å². The van der Waals surface area contributed by atoms with Crippen LogP contribution in [0.5, 0.6) is 0 Å². The van der Waals surface area contributed by atoms with Gasteiger partial charge in [-0.1, -0.05) is 27.7 Å². The standard InChI is InChI=1S/C14H23NO3S/c1-12(2)9(13(12,3)4)10(16)15-14(11(17)18)5-7-19-8-6-14/h9H,5-8H2,1-4H3,(H,15,16)(H,17,18). The number of carboxylic acids is 1. The molecule has 1 amide bonds. The van der Waals surface area contributed by atoms with E-state index in [9.17, 15) is 14.7 Å². The van der Waals surface area contributed by atoms with E-state index in [1.165, 1.54) is 0 Å². The average Bonchev–Trinajstić information content (AvgIpc) is 2.70. The zero-order valence-corrected chi connectivity index (χ0v) is 12.9. The summed E-state index contributed by atoms with van der Waals surface area (Å²) in [5.74, 6) is 0.515. The van der Waals surface area contributed by atoms with Crippen LogP contribution < -0.4 is 5.32 Å². The second-order valence-electron chi connectivity index (χ2n) is 6.87. The Kier molecular flexibility index (Phi) is 3.40. The monoisotopic (exact) mass is 285 g/mol. The third-order valence-corrected chi connectivity index (χ3v) is 6.39. The quantitative estimate of drug-likeness (QED) is 0.833. The van der Waals surface area contributed by atoms with Gasteiger partial charge in [-0.3, -0.25) is 4.79 Å². The molecule has 1 saturated heterocycles. The molecule has 0 atom stereocenters. The summed E-state index contributed by atoms with van der Waals surface area (Å²) >= 11 is 1.75. The molecular formula is C14H23NO3S. The summed E-state index contributed by atoms with van der Waals surface area (Å²) < 4.78 is 0. The van der Waals surface area contributed by atoms with E-state index >= 15 is 0 Å². The van der Waals surface area contributed by atoms with Crippen molar-refractivity contribution in [2.24, 2.45) is 16.7 Å².